The molecule has 0 N–H and O–H groups in total. The van der Waals surface area contributed by atoms with Crippen molar-refractivity contribution < 1.29 is 19.1 Å². The average molecular weight is 166 g/mol. The molecule has 3 rings (SSSR count). The molecule has 3 aliphatic rings. The van der Waals surface area contributed by atoms with Crippen LogP contribution in [0.25, 0.3) is 0 Å². The van der Waals surface area contributed by atoms with Gasteiger partial charge in [-0.25, -0.2) is 0 Å². The maximum atomic E-state index is 11.1. The number of rotatable bonds is 0. The van der Waals surface area contributed by atoms with Crippen LogP contribution in [0.4, 0.5) is 0 Å². The van der Waals surface area contributed by atoms with Gasteiger partial charge in [0, 0.05) is 0 Å². The van der Waals surface area contributed by atoms with Crippen LogP contribution in [0, 0.1) is 11.8 Å². The Labute approximate surface area is 68.1 Å². The van der Waals surface area contributed by atoms with Gasteiger partial charge in [0.15, 0.2) is 0 Å². The molecule has 0 aliphatic carbocycles. The first-order chi connectivity index (χ1) is 5.77. The van der Waals surface area contributed by atoms with Crippen molar-refractivity contribution in [1.82, 2.24) is 0 Å². The maximum Gasteiger partial charge on any atom is 0.320 e. The van der Waals surface area contributed by atoms with Crippen LogP contribution < -0.4 is 0 Å². The summed E-state index contributed by atoms with van der Waals surface area (Å²) in [5, 5.41) is 0. The molecular weight excluding hydrogens is 160 g/mol. The fourth-order valence-corrected chi connectivity index (χ4v) is 2.11. The summed E-state index contributed by atoms with van der Waals surface area (Å²) in [5.74, 6) is -1.59. The lowest BCUT2D eigenvalue weighted by Gasteiger charge is -2.08. The van der Waals surface area contributed by atoms with Crippen LogP contribution in [0.3, 0.4) is 0 Å². The van der Waals surface area contributed by atoms with Gasteiger partial charge >= 0.3 is 11.9 Å². The van der Waals surface area contributed by atoms with Crippen LogP contribution in [-0.4, -0.2) is 24.1 Å². The second-order valence-corrected chi connectivity index (χ2v) is 3.24. The number of carbonyl (C=O) groups excluding carboxylic acids is 2. The van der Waals surface area contributed by atoms with Gasteiger partial charge in [-0.2, -0.15) is 0 Å². The van der Waals surface area contributed by atoms with E-state index in [9.17, 15) is 9.59 Å². The molecule has 0 amide bonds. The predicted octanol–water partition coefficient (Wildman–Crippen LogP) is -0.361. The average Bonchev–Trinajstić information content (AvgIpc) is 2.64. The summed E-state index contributed by atoms with van der Waals surface area (Å²) in [4.78, 5) is 22.2. The second-order valence-electron chi connectivity index (χ2n) is 3.24. The van der Waals surface area contributed by atoms with E-state index in [2.05, 4.69) is 4.74 Å². The highest BCUT2D eigenvalue weighted by molar-refractivity contribution is 5.98. The van der Waals surface area contributed by atoms with Crippen molar-refractivity contribution in [3.8, 4) is 0 Å². The molecule has 4 heteroatoms. The standard InChI is InChI=1S/C8H6O4/c9-7-5-3-1-2-4(11-3)6(5)8(10)12-7/h1-6H/t3-,4+,5-,6-/m0/s1. The number of fused-ring (bicyclic) bond motifs is 5. The largest absolute Gasteiger partial charge is 0.393 e. The zero-order chi connectivity index (χ0) is 8.29. The molecule has 12 heavy (non-hydrogen) atoms. The number of hydrogen-bond acceptors (Lipinski definition) is 4. The number of hydrogen-bond donors (Lipinski definition) is 0. The van der Waals surface area contributed by atoms with Crippen molar-refractivity contribution in [3.05, 3.63) is 12.2 Å². The van der Waals surface area contributed by atoms with Crippen LogP contribution in [0.5, 0.6) is 0 Å². The summed E-state index contributed by atoms with van der Waals surface area (Å²) in [6.07, 6.45) is 3.20. The molecule has 0 aromatic rings. The van der Waals surface area contributed by atoms with Crippen molar-refractivity contribution in [2.24, 2.45) is 11.8 Å². The summed E-state index contributed by atoms with van der Waals surface area (Å²) >= 11 is 0. The quantitative estimate of drug-likeness (QED) is 0.280. The van der Waals surface area contributed by atoms with E-state index in [1.165, 1.54) is 0 Å². The SMILES string of the molecule is O=C1OC(=O)[C@@H]2[C@@H]1[C@@H]1C=C[C@H]2O1. The van der Waals surface area contributed by atoms with E-state index in [0.717, 1.165) is 0 Å². The number of cyclic esters (lactones) is 2. The van der Waals surface area contributed by atoms with E-state index < -0.39 is 11.9 Å². The van der Waals surface area contributed by atoms with Crippen molar-refractivity contribution in [2.45, 2.75) is 12.2 Å². The van der Waals surface area contributed by atoms with Gasteiger partial charge in [-0.05, 0) is 0 Å². The topological polar surface area (TPSA) is 52.6 Å². The Kier molecular flexibility index (Phi) is 0.939. The summed E-state index contributed by atoms with van der Waals surface area (Å²) in [7, 11) is 0. The fraction of sp³-hybridized carbons (Fsp3) is 0.500. The van der Waals surface area contributed by atoms with Crippen molar-refractivity contribution in [2.75, 3.05) is 0 Å². The smallest absolute Gasteiger partial charge is 0.320 e. The molecule has 3 aliphatic heterocycles. The molecule has 0 aromatic heterocycles. The first kappa shape index (κ1) is 6.37. The zero-order valence-corrected chi connectivity index (χ0v) is 6.10. The highest BCUT2D eigenvalue weighted by Crippen LogP contribution is 2.43. The third kappa shape index (κ3) is 0.536. The molecule has 0 saturated carbocycles. The maximum absolute atomic E-state index is 11.1. The molecule has 2 bridgehead atoms. The molecule has 2 saturated heterocycles. The Hall–Kier alpha value is -1.16. The van der Waals surface area contributed by atoms with Gasteiger partial charge in [0.25, 0.3) is 0 Å². The summed E-state index contributed by atoms with van der Waals surface area (Å²) in [6.45, 7) is 0. The minimum Gasteiger partial charge on any atom is -0.393 e. The predicted molar refractivity (Wildman–Crippen MR) is 35.9 cm³/mol. The molecule has 4 atom stereocenters. The van der Waals surface area contributed by atoms with Crippen molar-refractivity contribution >= 4 is 11.9 Å². The Morgan fingerprint density at radius 1 is 1.00 bits per heavy atom. The molecular formula is C8H6O4. The lowest BCUT2D eigenvalue weighted by atomic mass is 9.85. The number of ether oxygens (including phenoxy) is 2. The Morgan fingerprint density at radius 2 is 1.50 bits per heavy atom. The first-order valence-corrected chi connectivity index (χ1v) is 3.87. The zero-order valence-electron chi connectivity index (χ0n) is 6.10. The van der Waals surface area contributed by atoms with Gasteiger partial charge in [-0.1, -0.05) is 12.2 Å². The lowest BCUT2D eigenvalue weighted by Crippen LogP contribution is -2.26. The summed E-state index contributed by atoms with van der Waals surface area (Å²) in [5.41, 5.74) is 0. The van der Waals surface area contributed by atoms with E-state index in [0.29, 0.717) is 0 Å². The minimum absolute atomic E-state index is 0.223. The van der Waals surface area contributed by atoms with Crippen LogP contribution in [0.1, 0.15) is 0 Å². The van der Waals surface area contributed by atoms with Gasteiger partial charge in [-0.3, -0.25) is 9.59 Å². The summed E-state index contributed by atoms with van der Waals surface area (Å²) in [6, 6.07) is 0. The summed E-state index contributed by atoms with van der Waals surface area (Å²) < 4.78 is 9.86. The van der Waals surface area contributed by atoms with Crippen LogP contribution in [-0.2, 0) is 19.1 Å². The molecule has 0 radical (unpaired) electrons. The highest BCUT2D eigenvalue weighted by atomic mass is 16.6. The van der Waals surface area contributed by atoms with E-state index in [1.54, 1.807) is 0 Å². The Balaban J connectivity index is 2.08. The monoisotopic (exact) mass is 166 g/mol. The van der Waals surface area contributed by atoms with Crippen molar-refractivity contribution in [3.63, 3.8) is 0 Å². The molecule has 0 spiro atoms. The molecule has 4 nitrogen and oxygen atoms in total. The van der Waals surface area contributed by atoms with Gasteiger partial charge in [0.1, 0.15) is 11.8 Å². The van der Waals surface area contributed by atoms with Gasteiger partial charge in [-0.15, -0.1) is 0 Å². The van der Waals surface area contributed by atoms with Crippen LogP contribution in [0.15, 0.2) is 12.2 Å². The van der Waals surface area contributed by atoms with Gasteiger partial charge < -0.3 is 9.47 Å². The molecule has 0 aromatic carbocycles. The number of carbonyl (C=O) groups is 2. The Morgan fingerprint density at radius 3 is 2.00 bits per heavy atom. The molecule has 3 heterocycles. The van der Waals surface area contributed by atoms with Crippen LogP contribution in [0.2, 0.25) is 0 Å². The number of esters is 2. The normalized spacial score (nSPS) is 48.3. The van der Waals surface area contributed by atoms with E-state index in [1.807, 2.05) is 12.2 Å². The van der Waals surface area contributed by atoms with E-state index in [-0.39, 0.29) is 24.0 Å². The first-order valence-electron chi connectivity index (χ1n) is 3.87. The van der Waals surface area contributed by atoms with E-state index >= 15 is 0 Å². The molecule has 2 fully saturated rings. The van der Waals surface area contributed by atoms with Gasteiger partial charge in [0.05, 0.1) is 12.2 Å². The second kappa shape index (κ2) is 1.77. The molecule has 62 valence electrons. The van der Waals surface area contributed by atoms with Gasteiger partial charge in [0.2, 0.25) is 0 Å². The minimum atomic E-state index is -0.429. The third-order valence-corrected chi connectivity index (χ3v) is 2.65. The Bertz CT molecular complexity index is 278. The third-order valence-electron chi connectivity index (χ3n) is 2.65. The molecule has 0 unspecified atom stereocenters. The fourth-order valence-electron chi connectivity index (χ4n) is 2.11. The van der Waals surface area contributed by atoms with E-state index in [4.69, 9.17) is 4.74 Å². The van der Waals surface area contributed by atoms with Crippen LogP contribution >= 0.6 is 0 Å². The van der Waals surface area contributed by atoms with Crippen molar-refractivity contribution in [1.29, 1.82) is 0 Å². The lowest BCUT2D eigenvalue weighted by molar-refractivity contribution is -0.156. The highest BCUT2D eigenvalue weighted by Gasteiger charge is 2.59.